The number of pyridine rings is 1. The Bertz CT molecular complexity index is 2700. The summed E-state index contributed by atoms with van der Waals surface area (Å²) in [5, 5.41) is 5.51. The van der Waals surface area contributed by atoms with Gasteiger partial charge in [0.15, 0.2) is 0 Å². The van der Waals surface area contributed by atoms with Crippen LogP contribution in [0.4, 0.5) is 0 Å². The average Bonchev–Trinajstić information content (AvgIpc) is 3.89. The van der Waals surface area contributed by atoms with Crippen molar-refractivity contribution in [1.82, 2.24) is 40.0 Å². The predicted octanol–water partition coefficient (Wildman–Crippen LogP) is 6.03. The van der Waals surface area contributed by atoms with Crippen LogP contribution in [0.1, 0.15) is 91.2 Å². The van der Waals surface area contributed by atoms with Crippen LogP contribution in [0.5, 0.6) is 0 Å². The van der Waals surface area contributed by atoms with E-state index < -0.39 is 52.8 Å². The van der Waals surface area contributed by atoms with Gasteiger partial charge in [-0.15, -0.1) is 0 Å². The Morgan fingerprint density at radius 2 is 1.79 bits per heavy atom. The van der Waals surface area contributed by atoms with Gasteiger partial charge in [-0.3, -0.25) is 38.9 Å². The van der Waals surface area contributed by atoms with Crippen molar-refractivity contribution in [2.24, 2.45) is 17.3 Å². The lowest BCUT2D eigenvalue weighted by atomic mass is 9.84. The van der Waals surface area contributed by atoms with Crippen LogP contribution in [0.15, 0.2) is 60.8 Å². The van der Waals surface area contributed by atoms with E-state index in [2.05, 4.69) is 78.3 Å². The molecule has 0 aliphatic carbocycles. The molecule has 5 heterocycles. The number of cyclic esters (lactones) is 1. The van der Waals surface area contributed by atoms with Crippen molar-refractivity contribution in [3.05, 3.63) is 77.6 Å². The molecule has 7 rings (SSSR count). The fraction of sp³-hybridized carbons (Fsp3) is 0.527. The highest BCUT2D eigenvalue weighted by atomic mass is 16.5. The molecule has 3 aliphatic rings. The van der Waals surface area contributed by atoms with Crippen LogP contribution in [0.3, 0.4) is 0 Å². The molecule has 2 fully saturated rings. The molecule has 3 aliphatic heterocycles. The second-order valence-electron chi connectivity index (χ2n) is 21.0. The first-order chi connectivity index (χ1) is 33.1. The van der Waals surface area contributed by atoms with Crippen LogP contribution in [0.2, 0.25) is 0 Å². The molecule has 2 aromatic carbocycles. The number of amides is 4. The Labute approximate surface area is 413 Å². The van der Waals surface area contributed by atoms with E-state index in [1.807, 2.05) is 71.0 Å². The highest BCUT2D eigenvalue weighted by Crippen LogP contribution is 2.42. The van der Waals surface area contributed by atoms with E-state index in [9.17, 15) is 24.0 Å². The number of likely N-dealkylation sites (N-methyl/N-ethyl adjacent to an activating group) is 1. The van der Waals surface area contributed by atoms with E-state index in [0.29, 0.717) is 38.9 Å². The van der Waals surface area contributed by atoms with Crippen molar-refractivity contribution < 1.29 is 33.4 Å². The Hall–Kier alpha value is -6.08. The molecule has 15 nitrogen and oxygen atoms in total. The maximum absolute atomic E-state index is 14.7. The van der Waals surface area contributed by atoms with Crippen LogP contribution in [-0.4, -0.2) is 137 Å². The predicted molar refractivity (Wildman–Crippen MR) is 271 cm³/mol. The third-order valence-corrected chi connectivity index (χ3v) is 14.7. The number of aromatic nitrogens is 2. The van der Waals surface area contributed by atoms with Crippen molar-refractivity contribution in [1.29, 1.82) is 0 Å². The Morgan fingerprint density at radius 3 is 2.50 bits per heavy atom. The van der Waals surface area contributed by atoms with Gasteiger partial charge in [-0.05, 0) is 126 Å². The molecule has 374 valence electrons. The zero-order valence-electron chi connectivity index (χ0n) is 43.1. The molecule has 15 heteroatoms. The van der Waals surface area contributed by atoms with Gasteiger partial charge >= 0.3 is 5.97 Å². The normalized spacial score (nSPS) is 21.6. The minimum absolute atomic E-state index is 0.131. The van der Waals surface area contributed by atoms with E-state index in [0.717, 1.165) is 50.1 Å². The summed E-state index contributed by atoms with van der Waals surface area (Å²) in [6, 6.07) is 15.8. The number of carbonyl (C=O) groups is 5. The van der Waals surface area contributed by atoms with E-state index in [4.69, 9.17) is 14.5 Å². The number of fused-ring (bicyclic) bond motifs is 6. The smallest absolute Gasteiger partial charge is 0.324 e. The van der Waals surface area contributed by atoms with Gasteiger partial charge in [0.1, 0.15) is 18.1 Å². The molecule has 4 aromatic rings. The molecule has 0 unspecified atom stereocenters. The summed E-state index contributed by atoms with van der Waals surface area (Å²) in [7, 11) is 7.07. The van der Waals surface area contributed by atoms with E-state index in [-0.39, 0.29) is 43.4 Å². The molecule has 0 saturated carbocycles. The van der Waals surface area contributed by atoms with Crippen LogP contribution in [0, 0.1) is 29.1 Å². The Kier molecular flexibility index (Phi) is 15.6. The minimum atomic E-state index is -1.06. The number of benzene rings is 2. The van der Waals surface area contributed by atoms with Gasteiger partial charge in [0.25, 0.3) is 11.8 Å². The number of hydrogen-bond donors (Lipinski definition) is 2. The highest BCUT2D eigenvalue weighted by molar-refractivity contribution is 5.97. The number of aryl methyl sites for hydroxylation is 1. The number of methoxy groups -OCH3 is 1. The first kappa shape index (κ1) is 51.8. The molecule has 2 aromatic heterocycles. The summed E-state index contributed by atoms with van der Waals surface area (Å²) in [4.78, 5) is 80.0. The maximum atomic E-state index is 14.7. The van der Waals surface area contributed by atoms with E-state index in [1.54, 1.807) is 32.2 Å². The van der Waals surface area contributed by atoms with Crippen LogP contribution in [0.25, 0.3) is 33.3 Å². The number of rotatable bonds is 9. The molecular formula is C55H72N8O7. The molecule has 0 spiro atoms. The third-order valence-electron chi connectivity index (χ3n) is 14.7. The van der Waals surface area contributed by atoms with Gasteiger partial charge in [0.05, 0.1) is 35.6 Å². The zero-order chi connectivity index (χ0) is 50.8. The maximum Gasteiger partial charge on any atom is 0.324 e. The molecule has 2 N–H and O–H groups in total. The van der Waals surface area contributed by atoms with Crippen molar-refractivity contribution >= 4 is 40.5 Å². The summed E-state index contributed by atoms with van der Waals surface area (Å²) in [6.07, 6.45) is 3.26. The first-order valence-electron chi connectivity index (χ1n) is 24.7. The Morgan fingerprint density at radius 1 is 1.04 bits per heavy atom. The van der Waals surface area contributed by atoms with Gasteiger partial charge in [-0.2, -0.15) is 0 Å². The van der Waals surface area contributed by atoms with E-state index in [1.165, 1.54) is 9.91 Å². The van der Waals surface area contributed by atoms with Gasteiger partial charge in [0, 0.05) is 74.8 Å². The van der Waals surface area contributed by atoms with Crippen LogP contribution >= 0.6 is 0 Å². The zero-order valence-corrected chi connectivity index (χ0v) is 43.1. The van der Waals surface area contributed by atoms with Crippen molar-refractivity contribution in [2.45, 2.75) is 117 Å². The number of likely N-dealkylation sites (tertiary alicyclic amines) is 1. The van der Waals surface area contributed by atoms with Crippen LogP contribution in [-0.2, 0) is 52.8 Å². The molecule has 70 heavy (non-hydrogen) atoms. The number of nitrogens with one attached hydrogen (secondary N) is 2. The quantitative estimate of drug-likeness (QED) is 0.150. The summed E-state index contributed by atoms with van der Waals surface area (Å²) in [5.74, 6) is 3.12. The second kappa shape index (κ2) is 21.1. The van der Waals surface area contributed by atoms with E-state index >= 15 is 0 Å². The molecule has 6 atom stereocenters. The van der Waals surface area contributed by atoms with Gasteiger partial charge in [0.2, 0.25) is 11.8 Å². The van der Waals surface area contributed by atoms with Crippen molar-refractivity contribution in [2.75, 3.05) is 54.5 Å². The average molecular weight is 957 g/mol. The number of esters is 1. The summed E-state index contributed by atoms with van der Waals surface area (Å²) >= 11 is 0. The number of ether oxygens (including phenoxy) is 2. The monoisotopic (exact) mass is 957 g/mol. The van der Waals surface area contributed by atoms with Gasteiger partial charge < -0.3 is 29.2 Å². The van der Waals surface area contributed by atoms with Crippen LogP contribution < -0.4 is 10.7 Å². The highest BCUT2D eigenvalue weighted by Gasteiger charge is 2.41. The number of hydrazine groups is 1. The Balaban J connectivity index is 1.21. The SMILES string of the molecule is CCn1c(-c2cccnc2[C@H](C)OC)c2c3cc(ccc31)-c1cccc(c1)C[C@H](NC(=O)[C@H](C)N(C)C(=O)[C@@H]1CN(C(=O)C#CC(C)(C)N(C)C)C[C@@H]1C)C(=O)N1CCC[C@H](N1)C(=O)OCC(C)(C)C2. The standard InChI is InChI=1S/C55H72N8O7/c1-13-62-46-22-21-39-29-41(46)42(49(62)40-19-15-25-56-48(40)36(4)69-12)30-54(5,6)33-70-53(68)44-20-16-26-63(58-44)52(67)45(28-37-17-14-18-38(39)27-37)57-50(65)35(3)60(11)51(66)43-32-61(31-34(43)2)47(64)23-24-55(7,8)59(9)10/h14-15,17-19,21-22,25,27,29,34-36,43-45,58H,13,16,20,26,28,30-33H2,1-12H3,(H,57,65)/t34-,35-,36-,43+,44-,45-/m0/s1. The fourth-order valence-corrected chi connectivity index (χ4v) is 9.76. The molecular weight excluding hydrogens is 885 g/mol. The topological polar surface area (TPSA) is 159 Å². The minimum Gasteiger partial charge on any atom is -0.464 e. The molecule has 4 amide bonds. The van der Waals surface area contributed by atoms with Crippen molar-refractivity contribution in [3.8, 4) is 34.2 Å². The molecule has 6 bridgehead atoms. The number of nitrogens with zero attached hydrogens (tertiary/aromatic N) is 6. The fourth-order valence-electron chi connectivity index (χ4n) is 9.76. The lowest BCUT2D eigenvalue weighted by molar-refractivity contribution is -0.155. The number of carbonyl (C=O) groups excluding carboxylic acids is 5. The van der Waals surface area contributed by atoms with Gasteiger partial charge in [-0.1, -0.05) is 57.0 Å². The molecule has 0 radical (unpaired) electrons. The third kappa shape index (κ3) is 10.9. The second-order valence-corrected chi connectivity index (χ2v) is 21.0. The number of hydrogen-bond acceptors (Lipinski definition) is 10. The first-order valence-corrected chi connectivity index (χ1v) is 24.7. The summed E-state index contributed by atoms with van der Waals surface area (Å²) in [5.41, 5.74) is 9.91. The molecule has 2 saturated heterocycles. The van der Waals surface area contributed by atoms with Crippen molar-refractivity contribution in [3.63, 3.8) is 0 Å². The summed E-state index contributed by atoms with van der Waals surface area (Å²) < 4.78 is 14.3. The lowest BCUT2D eigenvalue weighted by Crippen LogP contribution is -2.61. The lowest BCUT2D eigenvalue weighted by Gasteiger charge is -2.36. The van der Waals surface area contributed by atoms with Gasteiger partial charge in [-0.25, -0.2) is 5.43 Å². The largest absolute Gasteiger partial charge is 0.464 e. The summed E-state index contributed by atoms with van der Waals surface area (Å²) in [6.45, 7) is 17.5.